The summed E-state index contributed by atoms with van der Waals surface area (Å²) in [4.78, 5) is 15.8. The summed E-state index contributed by atoms with van der Waals surface area (Å²) in [7, 11) is 0. The van der Waals surface area contributed by atoms with Gasteiger partial charge in [-0.1, -0.05) is 0 Å². The summed E-state index contributed by atoms with van der Waals surface area (Å²) in [5.41, 5.74) is 0.527. The van der Waals surface area contributed by atoms with Crippen molar-refractivity contribution in [1.82, 2.24) is 9.80 Å². The highest BCUT2D eigenvalue weighted by Crippen LogP contribution is 2.39. The normalized spacial score (nSPS) is 26.1. The summed E-state index contributed by atoms with van der Waals surface area (Å²) in [5, 5.41) is 0. The molecule has 0 aliphatic carbocycles. The molecule has 2 aliphatic rings. The van der Waals surface area contributed by atoms with Gasteiger partial charge < -0.3 is 4.90 Å². The number of ketones is 1. The number of carbonyl (C=O) groups excluding carboxylic acids is 1. The Labute approximate surface area is 92.4 Å². The first-order valence-corrected chi connectivity index (χ1v) is 5.97. The molecule has 15 heavy (non-hydrogen) atoms. The fourth-order valence-corrected chi connectivity index (χ4v) is 3.00. The summed E-state index contributed by atoms with van der Waals surface area (Å²) < 4.78 is 0. The number of Topliss-reactive ketones (excluding diaryl/α,β-unsaturated/α-hetero) is 1. The van der Waals surface area contributed by atoms with Gasteiger partial charge in [-0.25, -0.2) is 0 Å². The van der Waals surface area contributed by atoms with Crippen molar-refractivity contribution in [1.29, 1.82) is 0 Å². The third kappa shape index (κ3) is 2.23. The summed E-state index contributed by atoms with van der Waals surface area (Å²) in [6.45, 7) is 11.6. The van der Waals surface area contributed by atoms with E-state index >= 15 is 0 Å². The molecule has 0 aromatic carbocycles. The Bertz CT molecular complexity index is 256. The number of hydrogen-bond donors (Lipinski definition) is 0. The Balaban J connectivity index is 1.81. The third-order valence-corrected chi connectivity index (χ3v) is 3.76. The lowest BCUT2D eigenvalue weighted by Crippen LogP contribution is -2.58. The molecule has 0 aromatic heterocycles. The first kappa shape index (κ1) is 11.1. The fraction of sp³-hybridized carbons (Fsp3) is 0.917. The predicted octanol–water partition coefficient (Wildman–Crippen LogP) is 0.991. The SMILES string of the molecule is CC(=O)CN1CC2(CCN(C(C)C)C2)C1. The number of rotatable bonds is 3. The number of nitrogens with zero attached hydrogens (tertiary/aromatic N) is 2. The van der Waals surface area contributed by atoms with Crippen LogP contribution in [0.5, 0.6) is 0 Å². The van der Waals surface area contributed by atoms with Crippen molar-refractivity contribution < 1.29 is 4.79 Å². The zero-order valence-corrected chi connectivity index (χ0v) is 10.1. The van der Waals surface area contributed by atoms with Gasteiger partial charge in [-0.2, -0.15) is 0 Å². The highest BCUT2D eigenvalue weighted by molar-refractivity contribution is 5.77. The third-order valence-electron chi connectivity index (χ3n) is 3.76. The van der Waals surface area contributed by atoms with E-state index in [0.29, 0.717) is 23.8 Å². The quantitative estimate of drug-likeness (QED) is 0.694. The second-order valence-electron chi connectivity index (χ2n) is 5.66. The number of likely N-dealkylation sites (tertiary alicyclic amines) is 2. The van der Waals surface area contributed by atoms with Crippen LogP contribution in [0, 0.1) is 5.41 Å². The lowest BCUT2D eigenvalue weighted by molar-refractivity contribution is -0.121. The molecule has 86 valence electrons. The molecule has 0 atom stereocenters. The van der Waals surface area contributed by atoms with Crippen molar-refractivity contribution in [3.05, 3.63) is 0 Å². The molecule has 3 nitrogen and oxygen atoms in total. The van der Waals surface area contributed by atoms with Gasteiger partial charge in [0.1, 0.15) is 5.78 Å². The van der Waals surface area contributed by atoms with Crippen LogP contribution in [-0.2, 0) is 4.79 Å². The number of hydrogen-bond acceptors (Lipinski definition) is 3. The molecular formula is C12H22N2O. The molecule has 3 heteroatoms. The number of carbonyl (C=O) groups is 1. The summed E-state index contributed by atoms with van der Waals surface area (Å²) in [5.74, 6) is 0.295. The Hall–Kier alpha value is -0.410. The smallest absolute Gasteiger partial charge is 0.143 e. The van der Waals surface area contributed by atoms with Gasteiger partial charge >= 0.3 is 0 Å². The van der Waals surface area contributed by atoms with E-state index in [2.05, 4.69) is 23.6 Å². The van der Waals surface area contributed by atoms with Crippen molar-refractivity contribution in [3.8, 4) is 0 Å². The molecule has 0 amide bonds. The minimum Gasteiger partial charge on any atom is -0.300 e. The second-order valence-corrected chi connectivity index (χ2v) is 5.66. The molecule has 2 fully saturated rings. The van der Waals surface area contributed by atoms with E-state index in [-0.39, 0.29) is 0 Å². The van der Waals surface area contributed by atoms with Gasteiger partial charge in [-0.05, 0) is 33.7 Å². The summed E-state index contributed by atoms with van der Waals surface area (Å²) in [6.07, 6.45) is 1.32. The van der Waals surface area contributed by atoms with Crippen molar-refractivity contribution in [2.24, 2.45) is 5.41 Å². The Kier molecular flexibility index (Phi) is 2.86. The van der Waals surface area contributed by atoms with Crippen molar-refractivity contribution in [2.75, 3.05) is 32.7 Å². The maximum Gasteiger partial charge on any atom is 0.143 e. The van der Waals surface area contributed by atoms with Crippen LogP contribution in [0.25, 0.3) is 0 Å². The first-order valence-electron chi connectivity index (χ1n) is 5.97. The van der Waals surface area contributed by atoms with Crippen LogP contribution in [0.15, 0.2) is 0 Å². The molecule has 0 radical (unpaired) electrons. The van der Waals surface area contributed by atoms with E-state index in [1.54, 1.807) is 6.92 Å². The van der Waals surface area contributed by atoms with Crippen LogP contribution in [0.4, 0.5) is 0 Å². The van der Waals surface area contributed by atoms with Crippen molar-refractivity contribution in [2.45, 2.75) is 33.2 Å². The van der Waals surface area contributed by atoms with Crippen molar-refractivity contribution >= 4 is 5.78 Å². The highest BCUT2D eigenvalue weighted by Gasteiger charge is 2.47. The monoisotopic (exact) mass is 210 g/mol. The van der Waals surface area contributed by atoms with Crippen LogP contribution < -0.4 is 0 Å². The van der Waals surface area contributed by atoms with Gasteiger partial charge in [0.2, 0.25) is 0 Å². The molecule has 1 spiro atoms. The van der Waals surface area contributed by atoms with Crippen LogP contribution in [0.3, 0.4) is 0 Å². The van der Waals surface area contributed by atoms with E-state index in [4.69, 9.17) is 0 Å². The van der Waals surface area contributed by atoms with Crippen molar-refractivity contribution in [3.63, 3.8) is 0 Å². The van der Waals surface area contributed by atoms with Gasteiger partial charge in [-0.3, -0.25) is 9.69 Å². The molecule has 0 bridgehead atoms. The van der Waals surface area contributed by atoms with Crippen LogP contribution in [0.1, 0.15) is 27.2 Å². The van der Waals surface area contributed by atoms with Crippen LogP contribution >= 0.6 is 0 Å². The minimum absolute atomic E-state index is 0.295. The van der Waals surface area contributed by atoms with E-state index in [1.165, 1.54) is 19.5 Å². The molecule has 0 unspecified atom stereocenters. The summed E-state index contributed by atoms with van der Waals surface area (Å²) >= 11 is 0. The van der Waals surface area contributed by atoms with E-state index in [0.717, 1.165) is 13.1 Å². The Morgan fingerprint density at radius 1 is 1.33 bits per heavy atom. The van der Waals surface area contributed by atoms with E-state index < -0.39 is 0 Å². The van der Waals surface area contributed by atoms with E-state index in [9.17, 15) is 4.79 Å². The largest absolute Gasteiger partial charge is 0.300 e. The molecule has 0 saturated carbocycles. The predicted molar refractivity (Wildman–Crippen MR) is 60.9 cm³/mol. The molecule has 0 aromatic rings. The van der Waals surface area contributed by atoms with Gasteiger partial charge in [0.25, 0.3) is 0 Å². The minimum atomic E-state index is 0.295. The van der Waals surface area contributed by atoms with Gasteiger partial charge in [0.15, 0.2) is 0 Å². The summed E-state index contributed by atoms with van der Waals surface area (Å²) in [6, 6.07) is 0.672. The topological polar surface area (TPSA) is 23.6 Å². The highest BCUT2D eigenvalue weighted by atomic mass is 16.1. The second kappa shape index (κ2) is 3.87. The van der Waals surface area contributed by atoms with Crippen LogP contribution in [0.2, 0.25) is 0 Å². The molecular weight excluding hydrogens is 188 g/mol. The maximum absolute atomic E-state index is 11.0. The Morgan fingerprint density at radius 3 is 2.47 bits per heavy atom. The molecule has 2 aliphatic heterocycles. The van der Waals surface area contributed by atoms with Gasteiger partial charge in [-0.15, -0.1) is 0 Å². The lowest BCUT2D eigenvalue weighted by Gasteiger charge is -2.48. The maximum atomic E-state index is 11.0. The molecule has 0 N–H and O–H groups in total. The lowest BCUT2D eigenvalue weighted by atomic mass is 9.79. The fourth-order valence-electron chi connectivity index (χ4n) is 3.00. The average Bonchev–Trinajstić information content (AvgIpc) is 2.47. The Morgan fingerprint density at radius 2 is 2.00 bits per heavy atom. The molecule has 2 rings (SSSR count). The molecule has 2 saturated heterocycles. The first-order chi connectivity index (χ1) is 7.01. The standard InChI is InChI=1S/C12H22N2O/c1-10(2)14-5-4-12(9-14)7-13(8-12)6-11(3)15/h10H,4-9H2,1-3H3. The zero-order chi connectivity index (χ0) is 11.1. The average molecular weight is 210 g/mol. The zero-order valence-electron chi connectivity index (χ0n) is 10.1. The van der Waals surface area contributed by atoms with Gasteiger partial charge in [0, 0.05) is 31.1 Å². The van der Waals surface area contributed by atoms with Gasteiger partial charge in [0.05, 0.1) is 6.54 Å². The van der Waals surface area contributed by atoms with Crippen LogP contribution in [-0.4, -0.2) is 54.3 Å². The van der Waals surface area contributed by atoms with E-state index in [1.807, 2.05) is 0 Å². The molecule has 2 heterocycles.